The monoisotopic (exact) mass is 688 g/mol. The van der Waals surface area contributed by atoms with Crippen LogP contribution in [0.4, 0.5) is 14.4 Å². The normalized spacial score (nSPS) is 14.2. The molecular formula is C36H44N6O8. The number of aliphatic hydroxyl groups excluding tert-OH is 1. The molecule has 0 radical (unpaired) electrons. The summed E-state index contributed by atoms with van der Waals surface area (Å²) in [4.78, 5) is 62.9. The molecule has 0 fully saturated rings. The van der Waals surface area contributed by atoms with Crippen LogP contribution in [0.25, 0.3) is 11.1 Å². The van der Waals surface area contributed by atoms with Gasteiger partial charge in [-0.3, -0.25) is 4.79 Å². The van der Waals surface area contributed by atoms with E-state index in [9.17, 15) is 24.0 Å². The number of urea groups is 2. The number of alkyl carbamates (subject to hydrolysis) is 1. The Balaban J connectivity index is 1.39. The largest absolute Gasteiger partial charge is 0.480 e. The Morgan fingerprint density at radius 3 is 1.82 bits per heavy atom. The predicted molar refractivity (Wildman–Crippen MR) is 185 cm³/mol. The molecule has 0 aromatic heterocycles. The first kappa shape index (κ1) is 37.2. The number of aliphatic hydroxyl groups is 1. The maximum atomic E-state index is 13.7. The van der Waals surface area contributed by atoms with Gasteiger partial charge in [0.05, 0.1) is 6.61 Å². The van der Waals surface area contributed by atoms with Crippen molar-refractivity contribution >= 4 is 30.0 Å². The number of ether oxygens (including phenoxy) is 1. The molecule has 0 heterocycles. The number of amides is 6. The second-order valence-electron chi connectivity index (χ2n) is 12.4. The van der Waals surface area contributed by atoms with Gasteiger partial charge >= 0.3 is 24.1 Å². The lowest BCUT2D eigenvalue weighted by atomic mass is 9.98. The van der Waals surface area contributed by atoms with Crippen molar-refractivity contribution in [2.24, 2.45) is 5.92 Å². The number of nitrogens with one attached hydrogen (secondary N) is 6. The third-order valence-electron chi connectivity index (χ3n) is 8.05. The molecule has 0 unspecified atom stereocenters. The van der Waals surface area contributed by atoms with Gasteiger partial charge in [-0.25, -0.2) is 19.2 Å². The standard InChI is InChI=1S/C36H44N6O8/c1-21(2)17-29(40-36(49)50-20-28-26-15-9-7-13-24(26)25-14-8-10-16-27(25)28)32(44)41-31(18-23-11-5-4-6-12-23)42-35(48)38-22(3)37-34(47)39-30(19-43)33(45)46/h4-16,21-22,28-31,43H,17-20H2,1-3H3,(H,40,49)(H,41,44)(H,45,46)(H2,37,39,47)(H2,38,42,48)/t22-,29-,30-,31+/m0/s1. The van der Waals surface area contributed by atoms with Gasteiger partial charge in [-0.1, -0.05) is 92.7 Å². The Bertz CT molecular complexity index is 1610. The predicted octanol–water partition coefficient (Wildman–Crippen LogP) is 3.01. The van der Waals surface area contributed by atoms with Gasteiger partial charge in [0.15, 0.2) is 6.04 Å². The Hall–Kier alpha value is -5.63. The summed E-state index contributed by atoms with van der Waals surface area (Å²) >= 11 is 0. The Morgan fingerprint density at radius 1 is 0.700 bits per heavy atom. The number of carboxylic acids is 1. The lowest BCUT2D eigenvalue weighted by Gasteiger charge is -2.26. The molecular weight excluding hydrogens is 644 g/mol. The van der Waals surface area contributed by atoms with Crippen molar-refractivity contribution in [3.63, 3.8) is 0 Å². The zero-order valence-electron chi connectivity index (χ0n) is 28.1. The highest BCUT2D eigenvalue weighted by Crippen LogP contribution is 2.44. The molecule has 14 nitrogen and oxygen atoms in total. The fourth-order valence-corrected chi connectivity index (χ4v) is 5.76. The van der Waals surface area contributed by atoms with Gasteiger partial charge in [0, 0.05) is 12.3 Å². The number of carboxylic acid groups (broad SMARTS) is 1. The van der Waals surface area contributed by atoms with Crippen LogP contribution in [0, 0.1) is 5.92 Å². The Morgan fingerprint density at radius 2 is 1.26 bits per heavy atom. The molecule has 266 valence electrons. The lowest BCUT2D eigenvalue weighted by molar-refractivity contribution is -0.140. The molecule has 0 saturated heterocycles. The summed E-state index contributed by atoms with van der Waals surface area (Å²) in [6.45, 7) is 4.53. The second-order valence-corrected chi connectivity index (χ2v) is 12.4. The summed E-state index contributed by atoms with van der Waals surface area (Å²) in [6.07, 6.45) is -2.17. The van der Waals surface area contributed by atoms with Crippen molar-refractivity contribution in [2.75, 3.05) is 13.2 Å². The smallest absolute Gasteiger partial charge is 0.407 e. The van der Waals surface area contributed by atoms with Crippen molar-refractivity contribution in [1.82, 2.24) is 31.9 Å². The highest BCUT2D eigenvalue weighted by molar-refractivity contribution is 5.87. The van der Waals surface area contributed by atoms with Gasteiger partial charge < -0.3 is 46.9 Å². The van der Waals surface area contributed by atoms with Gasteiger partial charge in [0.2, 0.25) is 5.91 Å². The molecule has 8 N–H and O–H groups in total. The third kappa shape index (κ3) is 10.4. The number of hydrogen-bond acceptors (Lipinski definition) is 7. The molecule has 0 spiro atoms. The van der Waals surface area contributed by atoms with E-state index >= 15 is 0 Å². The average Bonchev–Trinajstić information content (AvgIpc) is 3.39. The Kier molecular flexibility index (Phi) is 13.1. The molecule has 4 atom stereocenters. The van der Waals surface area contributed by atoms with E-state index in [0.29, 0.717) is 6.42 Å². The molecule has 3 aromatic carbocycles. The minimum absolute atomic E-state index is 0.0214. The number of rotatable bonds is 15. The molecule has 1 aliphatic carbocycles. The number of fused-ring (bicyclic) bond motifs is 3. The first-order valence-electron chi connectivity index (χ1n) is 16.4. The zero-order chi connectivity index (χ0) is 36.2. The van der Waals surface area contributed by atoms with Crippen LogP contribution in [0.5, 0.6) is 0 Å². The molecule has 4 rings (SSSR count). The number of carbonyl (C=O) groups excluding carboxylic acids is 4. The summed E-state index contributed by atoms with van der Waals surface area (Å²) in [6, 6.07) is 20.9. The maximum absolute atomic E-state index is 13.7. The fraction of sp³-hybridized carbons (Fsp3) is 0.361. The topological polar surface area (TPSA) is 207 Å². The molecule has 6 amide bonds. The fourth-order valence-electron chi connectivity index (χ4n) is 5.76. The second kappa shape index (κ2) is 17.7. The first-order chi connectivity index (χ1) is 23.9. The molecule has 50 heavy (non-hydrogen) atoms. The van der Waals surface area contributed by atoms with E-state index in [2.05, 4.69) is 31.9 Å². The van der Waals surface area contributed by atoms with E-state index in [1.165, 1.54) is 6.92 Å². The number of hydrogen-bond donors (Lipinski definition) is 8. The third-order valence-corrected chi connectivity index (χ3v) is 8.05. The highest BCUT2D eigenvalue weighted by atomic mass is 16.5. The molecule has 0 bridgehead atoms. The maximum Gasteiger partial charge on any atom is 0.407 e. The summed E-state index contributed by atoms with van der Waals surface area (Å²) in [5.41, 5.74) is 5.11. The number of aliphatic carboxylic acids is 1. The molecule has 0 saturated carbocycles. The number of benzene rings is 3. The van der Waals surface area contributed by atoms with Gasteiger partial charge in [-0.2, -0.15) is 0 Å². The van der Waals surface area contributed by atoms with Gasteiger partial charge in [0.1, 0.15) is 25.0 Å². The van der Waals surface area contributed by atoms with Crippen LogP contribution in [0.1, 0.15) is 49.8 Å². The van der Waals surface area contributed by atoms with E-state index in [-0.39, 0.29) is 24.9 Å². The Labute approximate surface area is 290 Å². The first-order valence-corrected chi connectivity index (χ1v) is 16.4. The van der Waals surface area contributed by atoms with Gasteiger partial charge in [-0.05, 0) is 47.1 Å². The van der Waals surface area contributed by atoms with Crippen LogP contribution < -0.4 is 31.9 Å². The van der Waals surface area contributed by atoms with Crippen LogP contribution in [-0.4, -0.2) is 77.9 Å². The zero-order valence-corrected chi connectivity index (χ0v) is 28.1. The van der Waals surface area contributed by atoms with E-state index in [1.807, 2.05) is 92.7 Å². The summed E-state index contributed by atoms with van der Waals surface area (Å²) in [5.74, 6) is -2.10. The van der Waals surface area contributed by atoms with Crippen molar-refractivity contribution in [3.05, 3.63) is 95.6 Å². The van der Waals surface area contributed by atoms with Crippen LogP contribution in [0.3, 0.4) is 0 Å². The number of carbonyl (C=O) groups is 5. The quantitative estimate of drug-likeness (QED) is 0.111. The molecule has 3 aromatic rings. The van der Waals surface area contributed by atoms with E-state index in [1.54, 1.807) is 0 Å². The van der Waals surface area contributed by atoms with E-state index < -0.39 is 61.1 Å². The van der Waals surface area contributed by atoms with Crippen LogP contribution in [-0.2, 0) is 20.7 Å². The van der Waals surface area contributed by atoms with Gasteiger partial charge in [-0.15, -0.1) is 0 Å². The van der Waals surface area contributed by atoms with Crippen molar-refractivity contribution in [2.45, 2.75) is 63.9 Å². The minimum Gasteiger partial charge on any atom is -0.480 e. The van der Waals surface area contributed by atoms with Crippen molar-refractivity contribution in [3.8, 4) is 11.1 Å². The van der Waals surface area contributed by atoms with Crippen molar-refractivity contribution in [1.29, 1.82) is 0 Å². The summed E-state index contributed by atoms with van der Waals surface area (Å²) in [7, 11) is 0. The van der Waals surface area contributed by atoms with Crippen molar-refractivity contribution < 1.29 is 38.9 Å². The lowest BCUT2D eigenvalue weighted by Crippen LogP contribution is -2.59. The highest BCUT2D eigenvalue weighted by Gasteiger charge is 2.31. The van der Waals surface area contributed by atoms with E-state index in [4.69, 9.17) is 14.9 Å². The van der Waals surface area contributed by atoms with Crippen LogP contribution in [0.15, 0.2) is 78.9 Å². The van der Waals surface area contributed by atoms with E-state index in [0.717, 1.165) is 27.8 Å². The van der Waals surface area contributed by atoms with Crippen LogP contribution in [0.2, 0.25) is 0 Å². The molecule has 14 heteroatoms. The minimum atomic E-state index is -1.53. The molecule has 1 aliphatic rings. The average molecular weight is 689 g/mol. The molecule has 0 aliphatic heterocycles. The summed E-state index contributed by atoms with van der Waals surface area (Å²) < 4.78 is 5.69. The van der Waals surface area contributed by atoms with Crippen LogP contribution >= 0.6 is 0 Å². The summed E-state index contributed by atoms with van der Waals surface area (Å²) in [5, 5.41) is 33.3. The SMILES string of the molecule is CC(C)C[C@H](NC(=O)OCC1c2ccccc2-c2ccccc21)C(=O)N[C@@H](Cc1ccccc1)NC(=O)N[C@@H](C)NC(=O)N[C@@H](CO)C(=O)O. The van der Waals surface area contributed by atoms with Gasteiger partial charge in [0.25, 0.3) is 0 Å².